The smallest absolute Gasteiger partial charge is 0.117 e. The summed E-state index contributed by atoms with van der Waals surface area (Å²) >= 11 is 0. The average molecular weight is 278 g/mol. The van der Waals surface area contributed by atoms with Crippen LogP contribution in [0.5, 0.6) is 0 Å². The van der Waals surface area contributed by atoms with Gasteiger partial charge < -0.3 is 36.6 Å². The van der Waals surface area contributed by atoms with E-state index in [0.29, 0.717) is 6.42 Å². The van der Waals surface area contributed by atoms with E-state index in [2.05, 4.69) is 0 Å². The summed E-state index contributed by atoms with van der Waals surface area (Å²) in [6.07, 6.45) is -3.05. The van der Waals surface area contributed by atoms with Crippen molar-refractivity contribution in [2.24, 2.45) is 11.5 Å². The van der Waals surface area contributed by atoms with Crippen LogP contribution in [-0.4, -0.2) is 63.2 Å². The van der Waals surface area contributed by atoms with Gasteiger partial charge in [-0.2, -0.15) is 0 Å². The van der Waals surface area contributed by atoms with Gasteiger partial charge in [0.05, 0.1) is 12.3 Å². The van der Waals surface area contributed by atoms with Gasteiger partial charge in [-0.1, -0.05) is 26.2 Å². The van der Waals surface area contributed by atoms with Crippen LogP contribution in [0, 0.1) is 0 Å². The molecule has 1 rings (SSSR count). The molecule has 0 aromatic heterocycles. The van der Waals surface area contributed by atoms with Crippen LogP contribution in [0.1, 0.15) is 32.6 Å². The van der Waals surface area contributed by atoms with Gasteiger partial charge in [0.25, 0.3) is 0 Å². The SMILES string of the molecule is CCCCCC(N)(N)C1O[C@H](CO)[C@@H](O)[C@H](O)[C@H]1O. The minimum absolute atomic E-state index is 0.420. The lowest BCUT2D eigenvalue weighted by molar-refractivity contribution is -0.244. The fraction of sp³-hybridized carbons (Fsp3) is 1.00. The van der Waals surface area contributed by atoms with Gasteiger partial charge in [-0.25, -0.2) is 0 Å². The van der Waals surface area contributed by atoms with Crippen LogP contribution in [0.3, 0.4) is 0 Å². The predicted molar refractivity (Wildman–Crippen MR) is 69.0 cm³/mol. The molecule has 0 aromatic rings. The van der Waals surface area contributed by atoms with Crippen molar-refractivity contribution in [3.8, 4) is 0 Å². The fourth-order valence-electron chi connectivity index (χ4n) is 2.37. The van der Waals surface area contributed by atoms with E-state index in [1.807, 2.05) is 6.92 Å². The predicted octanol–water partition coefficient (Wildman–Crippen LogP) is -1.98. The van der Waals surface area contributed by atoms with Gasteiger partial charge in [-0.15, -0.1) is 0 Å². The van der Waals surface area contributed by atoms with E-state index in [0.717, 1.165) is 19.3 Å². The van der Waals surface area contributed by atoms with Gasteiger partial charge in [0.15, 0.2) is 0 Å². The molecule has 0 amide bonds. The summed E-state index contributed by atoms with van der Waals surface area (Å²) in [4.78, 5) is 0. The number of hydrogen-bond donors (Lipinski definition) is 6. The van der Waals surface area contributed by atoms with Gasteiger partial charge in [0, 0.05) is 0 Å². The Balaban J connectivity index is 2.73. The summed E-state index contributed by atoms with van der Waals surface area (Å²) in [6, 6.07) is 0. The topological polar surface area (TPSA) is 142 Å². The van der Waals surface area contributed by atoms with E-state index in [-0.39, 0.29) is 0 Å². The molecule has 0 radical (unpaired) electrons. The first kappa shape index (κ1) is 16.8. The zero-order valence-corrected chi connectivity index (χ0v) is 11.3. The van der Waals surface area contributed by atoms with Crippen molar-refractivity contribution in [2.75, 3.05) is 6.61 Å². The maximum absolute atomic E-state index is 9.94. The standard InChI is InChI=1S/C12H26N2O5/c1-2-3-4-5-12(13,14)11-10(18)9(17)8(16)7(6-15)19-11/h7-11,15-18H,2-6,13-14H2,1H3/t7-,8-,9+,10-,11?/m1/s1. The molecule has 1 heterocycles. The normalized spacial score (nSPS) is 36.5. The van der Waals surface area contributed by atoms with Crippen molar-refractivity contribution >= 4 is 0 Å². The molecule has 0 spiro atoms. The number of unbranched alkanes of at least 4 members (excludes halogenated alkanes) is 2. The summed E-state index contributed by atoms with van der Waals surface area (Å²) in [5.74, 6) is 0. The highest BCUT2D eigenvalue weighted by molar-refractivity contribution is 5.00. The van der Waals surface area contributed by atoms with Crippen molar-refractivity contribution in [2.45, 2.75) is 68.8 Å². The van der Waals surface area contributed by atoms with E-state index in [9.17, 15) is 15.3 Å². The number of hydrogen-bond acceptors (Lipinski definition) is 7. The van der Waals surface area contributed by atoms with E-state index in [1.54, 1.807) is 0 Å². The maximum Gasteiger partial charge on any atom is 0.117 e. The Labute approximate surface area is 113 Å². The average Bonchev–Trinajstić information content (AvgIpc) is 2.36. The minimum Gasteiger partial charge on any atom is -0.394 e. The first-order valence-electron chi connectivity index (χ1n) is 6.73. The molecular weight excluding hydrogens is 252 g/mol. The first-order chi connectivity index (χ1) is 8.85. The molecule has 0 bridgehead atoms. The minimum atomic E-state index is -1.44. The Morgan fingerprint density at radius 2 is 1.68 bits per heavy atom. The van der Waals surface area contributed by atoms with Crippen LogP contribution in [0.4, 0.5) is 0 Å². The lowest BCUT2D eigenvalue weighted by Crippen LogP contribution is -2.71. The van der Waals surface area contributed by atoms with Gasteiger partial charge >= 0.3 is 0 Å². The van der Waals surface area contributed by atoms with E-state index < -0.39 is 42.8 Å². The molecule has 114 valence electrons. The monoisotopic (exact) mass is 278 g/mol. The third kappa shape index (κ3) is 3.85. The molecule has 1 aliphatic heterocycles. The molecule has 0 aliphatic carbocycles. The molecule has 7 nitrogen and oxygen atoms in total. The third-order valence-electron chi connectivity index (χ3n) is 3.64. The quantitative estimate of drug-likeness (QED) is 0.244. The zero-order valence-electron chi connectivity index (χ0n) is 11.3. The summed E-state index contributed by atoms with van der Waals surface area (Å²) in [7, 11) is 0. The van der Waals surface area contributed by atoms with Gasteiger partial charge in [0.1, 0.15) is 30.5 Å². The highest BCUT2D eigenvalue weighted by Gasteiger charge is 2.49. The summed E-state index contributed by atoms with van der Waals surface area (Å²) < 4.78 is 5.37. The van der Waals surface area contributed by atoms with Gasteiger partial charge in [-0.05, 0) is 6.42 Å². The van der Waals surface area contributed by atoms with Crippen LogP contribution in [0.15, 0.2) is 0 Å². The summed E-state index contributed by atoms with van der Waals surface area (Å²) in [5, 5.41) is 38.4. The van der Waals surface area contributed by atoms with Crippen LogP contribution in [0.2, 0.25) is 0 Å². The maximum atomic E-state index is 9.94. The molecular formula is C12H26N2O5. The third-order valence-corrected chi connectivity index (χ3v) is 3.64. The van der Waals surface area contributed by atoms with Crippen molar-refractivity contribution in [3.63, 3.8) is 0 Å². The largest absolute Gasteiger partial charge is 0.394 e. The summed E-state index contributed by atoms with van der Waals surface area (Å²) in [6.45, 7) is 1.56. The number of ether oxygens (including phenoxy) is 1. The molecule has 19 heavy (non-hydrogen) atoms. The highest BCUT2D eigenvalue weighted by Crippen LogP contribution is 2.27. The van der Waals surface area contributed by atoms with Crippen LogP contribution in [0.25, 0.3) is 0 Å². The molecule has 1 unspecified atom stereocenters. The number of aliphatic hydroxyl groups is 4. The molecule has 0 saturated carbocycles. The van der Waals surface area contributed by atoms with Crippen LogP contribution >= 0.6 is 0 Å². The Hall–Kier alpha value is -0.280. The lowest BCUT2D eigenvalue weighted by Gasteiger charge is -2.46. The molecule has 7 heteroatoms. The molecule has 1 saturated heterocycles. The summed E-state index contributed by atoms with van der Waals surface area (Å²) in [5.41, 5.74) is 10.6. The molecule has 1 fully saturated rings. The lowest BCUT2D eigenvalue weighted by atomic mass is 9.86. The van der Waals surface area contributed by atoms with Crippen molar-refractivity contribution in [1.82, 2.24) is 0 Å². The van der Waals surface area contributed by atoms with Crippen LogP contribution in [-0.2, 0) is 4.74 Å². The van der Waals surface area contributed by atoms with E-state index in [1.165, 1.54) is 0 Å². The van der Waals surface area contributed by atoms with E-state index >= 15 is 0 Å². The Kier molecular flexibility index (Phi) is 6.13. The number of nitrogens with two attached hydrogens (primary N) is 2. The number of aliphatic hydroxyl groups excluding tert-OH is 4. The number of rotatable bonds is 6. The first-order valence-corrected chi connectivity index (χ1v) is 6.73. The Morgan fingerprint density at radius 1 is 1.05 bits per heavy atom. The highest BCUT2D eigenvalue weighted by atomic mass is 16.5. The second kappa shape index (κ2) is 6.94. The Bertz CT molecular complexity index is 275. The fourth-order valence-corrected chi connectivity index (χ4v) is 2.37. The van der Waals surface area contributed by atoms with Gasteiger partial charge in [0.2, 0.25) is 0 Å². The zero-order chi connectivity index (χ0) is 14.6. The van der Waals surface area contributed by atoms with Crippen LogP contribution < -0.4 is 11.5 Å². The van der Waals surface area contributed by atoms with Crippen molar-refractivity contribution in [3.05, 3.63) is 0 Å². The molecule has 5 atom stereocenters. The molecule has 8 N–H and O–H groups in total. The van der Waals surface area contributed by atoms with Crippen molar-refractivity contribution in [1.29, 1.82) is 0 Å². The molecule has 1 aliphatic rings. The van der Waals surface area contributed by atoms with Crippen molar-refractivity contribution < 1.29 is 25.2 Å². The second-order valence-corrected chi connectivity index (χ2v) is 5.32. The second-order valence-electron chi connectivity index (χ2n) is 5.32. The molecule has 0 aromatic carbocycles. The van der Waals surface area contributed by atoms with Gasteiger partial charge in [-0.3, -0.25) is 0 Å². The van der Waals surface area contributed by atoms with E-state index in [4.69, 9.17) is 21.3 Å². The Morgan fingerprint density at radius 3 is 2.21 bits per heavy atom.